The fourth-order valence-electron chi connectivity index (χ4n) is 3.43. The molecule has 2 aromatic heterocycles. The molecule has 1 atom stereocenters. The number of amides is 1. The first-order valence-corrected chi connectivity index (χ1v) is 9.04. The second-order valence-electron chi connectivity index (χ2n) is 7.09. The molecule has 0 bridgehead atoms. The van der Waals surface area contributed by atoms with E-state index in [9.17, 15) is 14.4 Å². The molecule has 1 fully saturated rings. The van der Waals surface area contributed by atoms with E-state index in [2.05, 4.69) is 9.97 Å². The maximum absolute atomic E-state index is 13.2. The number of nitrogens with one attached hydrogen (secondary N) is 1. The number of carbonyl (C=O) groups is 1. The van der Waals surface area contributed by atoms with E-state index in [1.165, 1.54) is 4.57 Å². The molecule has 156 valence electrons. The molecule has 0 aliphatic carbocycles. The summed E-state index contributed by atoms with van der Waals surface area (Å²) in [7, 11) is 0. The normalized spacial score (nSPS) is 16.2. The van der Waals surface area contributed by atoms with Gasteiger partial charge in [0.2, 0.25) is 0 Å². The van der Waals surface area contributed by atoms with Crippen LogP contribution in [-0.2, 0) is 6.54 Å². The van der Waals surface area contributed by atoms with Crippen LogP contribution in [0.1, 0.15) is 49.2 Å². The van der Waals surface area contributed by atoms with Crippen LogP contribution in [0.5, 0.6) is 0 Å². The zero-order valence-electron chi connectivity index (χ0n) is 16.2. The number of hydrogen-bond acceptors (Lipinski definition) is 5. The van der Waals surface area contributed by atoms with E-state index in [-0.39, 0.29) is 53.6 Å². The molecule has 3 heterocycles. The van der Waals surface area contributed by atoms with E-state index < -0.39 is 11.2 Å². The number of aromatic nitrogens is 3. The van der Waals surface area contributed by atoms with Crippen molar-refractivity contribution in [3.05, 3.63) is 38.2 Å². The van der Waals surface area contributed by atoms with E-state index in [0.29, 0.717) is 37.4 Å². The molecule has 28 heavy (non-hydrogen) atoms. The van der Waals surface area contributed by atoms with Gasteiger partial charge < -0.3 is 10.6 Å². The van der Waals surface area contributed by atoms with Gasteiger partial charge in [0, 0.05) is 25.3 Å². The van der Waals surface area contributed by atoms with Crippen LogP contribution < -0.4 is 17.0 Å². The molecule has 1 aliphatic rings. The number of fused-ring (bicyclic) bond motifs is 1. The van der Waals surface area contributed by atoms with Gasteiger partial charge in [-0.1, -0.05) is 13.8 Å². The first-order valence-electron chi connectivity index (χ1n) is 9.04. The van der Waals surface area contributed by atoms with Gasteiger partial charge in [-0.2, -0.15) is 0 Å². The third kappa shape index (κ3) is 4.24. The first kappa shape index (κ1) is 24.1. The molecule has 0 spiro atoms. The summed E-state index contributed by atoms with van der Waals surface area (Å²) in [4.78, 5) is 46.4. The maximum atomic E-state index is 13.2. The van der Waals surface area contributed by atoms with Crippen LogP contribution in [0.25, 0.3) is 11.0 Å². The molecule has 1 aliphatic heterocycles. The minimum Gasteiger partial charge on any atom is -0.338 e. The van der Waals surface area contributed by atoms with Crippen molar-refractivity contribution < 1.29 is 4.79 Å². The van der Waals surface area contributed by atoms with Crippen molar-refractivity contribution >= 4 is 41.8 Å². The third-order valence-corrected chi connectivity index (χ3v) is 5.01. The van der Waals surface area contributed by atoms with Crippen molar-refractivity contribution in [2.45, 2.75) is 39.7 Å². The second kappa shape index (κ2) is 9.54. The lowest BCUT2D eigenvalue weighted by atomic mass is 10.0. The predicted octanol–water partition coefficient (Wildman–Crippen LogP) is 1.49. The molecular formula is C18H27Cl2N5O3. The van der Waals surface area contributed by atoms with Crippen molar-refractivity contribution in [2.24, 2.45) is 11.7 Å². The second-order valence-corrected chi connectivity index (χ2v) is 7.09. The van der Waals surface area contributed by atoms with Crippen molar-refractivity contribution in [3.63, 3.8) is 0 Å². The minimum absolute atomic E-state index is 0. The van der Waals surface area contributed by atoms with Gasteiger partial charge in [0.15, 0.2) is 5.65 Å². The molecule has 1 saturated heterocycles. The molecule has 1 unspecified atom stereocenters. The lowest BCUT2D eigenvalue weighted by Gasteiger charge is -2.19. The van der Waals surface area contributed by atoms with Crippen LogP contribution in [0.4, 0.5) is 0 Å². The molecule has 2 aromatic rings. The van der Waals surface area contributed by atoms with Gasteiger partial charge in [-0.3, -0.25) is 19.1 Å². The molecule has 3 N–H and O–H groups in total. The Kier molecular flexibility index (Phi) is 8.22. The Balaban J connectivity index is 0.00000196. The predicted molar refractivity (Wildman–Crippen MR) is 114 cm³/mol. The van der Waals surface area contributed by atoms with Crippen LogP contribution in [0.15, 0.2) is 15.7 Å². The standard InChI is InChI=1S/C18H25N5O3.2ClH/c1-4-23-15-14(16(24)21-18(23)26)12(7-13(20-15)10(2)3)17(25)22-6-5-11(8-19)9-22;;/h7,10-11H,4-6,8-9,19H2,1-3H3,(H,21,24,26);2*1H. The highest BCUT2D eigenvalue weighted by Gasteiger charge is 2.29. The summed E-state index contributed by atoms with van der Waals surface area (Å²) in [5.74, 6) is 0.131. The van der Waals surface area contributed by atoms with E-state index in [0.717, 1.165) is 6.42 Å². The molecule has 0 aromatic carbocycles. The van der Waals surface area contributed by atoms with Crippen molar-refractivity contribution in [2.75, 3.05) is 19.6 Å². The highest BCUT2D eigenvalue weighted by Crippen LogP contribution is 2.23. The fourth-order valence-corrected chi connectivity index (χ4v) is 3.43. The summed E-state index contributed by atoms with van der Waals surface area (Å²) in [6, 6.07) is 1.69. The van der Waals surface area contributed by atoms with Crippen molar-refractivity contribution in [3.8, 4) is 0 Å². The Labute approximate surface area is 175 Å². The minimum atomic E-state index is -0.574. The number of aryl methyl sites for hydroxylation is 1. The number of hydrogen-bond donors (Lipinski definition) is 2. The monoisotopic (exact) mass is 431 g/mol. The number of pyridine rings is 1. The fraction of sp³-hybridized carbons (Fsp3) is 0.556. The largest absolute Gasteiger partial charge is 0.338 e. The summed E-state index contributed by atoms with van der Waals surface area (Å²) in [5.41, 5.74) is 5.90. The SMILES string of the molecule is CCn1c(=O)[nH]c(=O)c2c(C(=O)N3CCC(CN)C3)cc(C(C)C)nc21.Cl.Cl. The van der Waals surface area contributed by atoms with E-state index in [4.69, 9.17) is 5.73 Å². The van der Waals surface area contributed by atoms with Crippen molar-refractivity contribution in [1.82, 2.24) is 19.4 Å². The van der Waals surface area contributed by atoms with Gasteiger partial charge in [0.05, 0.1) is 10.9 Å². The van der Waals surface area contributed by atoms with Crippen LogP contribution in [0, 0.1) is 5.92 Å². The lowest BCUT2D eigenvalue weighted by Crippen LogP contribution is -2.34. The summed E-state index contributed by atoms with van der Waals surface area (Å²) < 4.78 is 1.39. The number of likely N-dealkylation sites (tertiary alicyclic amines) is 1. The maximum Gasteiger partial charge on any atom is 0.329 e. The smallest absolute Gasteiger partial charge is 0.329 e. The summed E-state index contributed by atoms with van der Waals surface area (Å²) in [5, 5.41) is 0.178. The van der Waals surface area contributed by atoms with Crippen LogP contribution in [0.3, 0.4) is 0 Å². The zero-order valence-corrected chi connectivity index (χ0v) is 17.9. The molecule has 10 heteroatoms. The Morgan fingerprint density at radius 1 is 1.36 bits per heavy atom. The number of aromatic amines is 1. The zero-order chi connectivity index (χ0) is 19.0. The highest BCUT2D eigenvalue weighted by molar-refractivity contribution is 6.05. The van der Waals surface area contributed by atoms with Crippen LogP contribution in [-0.4, -0.2) is 45.0 Å². The molecule has 0 radical (unpaired) electrons. The average molecular weight is 432 g/mol. The first-order chi connectivity index (χ1) is 12.4. The van der Waals surface area contributed by atoms with Gasteiger partial charge in [-0.25, -0.2) is 9.78 Å². The molecule has 3 rings (SSSR count). The van der Waals surface area contributed by atoms with E-state index in [1.807, 2.05) is 13.8 Å². The summed E-state index contributed by atoms with van der Waals surface area (Å²) in [6.07, 6.45) is 0.859. The Morgan fingerprint density at radius 3 is 2.57 bits per heavy atom. The molecule has 8 nitrogen and oxygen atoms in total. The number of nitrogens with two attached hydrogens (primary N) is 1. The molecular weight excluding hydrogens is 405 g/mol. The quantitative estimate of drug-likeness (QED) is 0.760. The van der Waals surface area contributed by atoms with Crippen LogP contribution >= 0.6 is 24.8 Å². The van der Waals surface area contributed by atoms with Gasteiger partial charge in [0.25, 0.3) is 11.5 Å². The topological polar surface area (TPSA) is 114 Å². The number of carbonyl (C=O) groups excluding carboxylic acids is 1. The Hall–Kier alpha value is -1.90. The summed E-state index contributed by atoms with van der Waals surface area (Å²) in [6.45, 7) is 7.82. The lowest BCUT2D eigenvalue weighted by molar-refractivity contribution is 0.0789. The van der Waals surface area contributed by atoms with Gasteiger partial charge in [0.1, 0.15) is 0 Å². The summed E-state index contributed by atoms with van der Waals surface area (Å²) >= 11 is 0. The number of nitrogens with zero attached hydrogens (tertiary/aromatic N) is 3. The Morgan fingerprint density at radius 2 is 2.04 bits per heavy atom. The molecule has 0 saturated carbocycles. The molecule has 1 amide bonds. The number of rotatable bonds is 4. The van der Waals surface area contributed by atoms with Gasteiger partial charge >= 0.3 is 5.69 Å². The van der Waals surface area contributed by atoms with Crippen LogP contribution in [0.2, 0.25) is 0 Å². The van der Waals surface area contributed by atoms with Gasteiger partial charge in [-0.15, -0.1) is 24.8 Å². The number of H-pyrrole nitrogens is 1. The highest BCUT2D eigenvalue weighted by atomic mass is 35.5. The van der Waals surface area contributed by atoms with E-state index >= 15 is 0 Å². The Bertz CT molecular complexity index is 970. The third-order valence-electron chi connectivity index (χ3n) is 5.01. The average Bonchev–Trinajstić information content (AvgIpc) is 3.09. The van der Waals surface area contributed by atoms with Gasteiger partial charge in [-0.05, 0) is 37.8 Å². The van der Waals surface area contributed by atoms with Crippen molar-refractivity contribution in [1.29, 1.82) is 0 Å². The number of halogens is 2. The van der Waals surface area contributed by atoms with E-state index in [1.54, 1.807) is 17.9 Å².